The molecule has 1 aromatic heterocycles. The van der Waals surface area contributed by atoms with Gasteiger partial charge in [0.15, 0.2) is 0 Å². The van der Waals surface area contributed by atoms with Crippen molar-refractivity contribution in [1.29, 1.82) is 0 Å². The van der Waals surface area contributed by atoms with E-state index >= 15 is 0 Å². The molecule has 0 spiro atoms. The van der Waals surface area contributed by atoms with E-state index in [0.717, 1.165) is 24.4 Å². The van der Waals surface area contributed by atoms with E-state index in [4.69, 9.17) is 5.11 Å². The van der Waals surface area contributed by atoms with Crippen molar-refractivity contribution in [3.63, 3.8) is 0 Å². The van der Waals surface area contributed by atoms with Gasteiger partial charge in [0, 0.05) is 5.92 Å². The van der Waals surface area contributed by atoms with E-state index in [1.807, 2.05) is 13.8 Å². The number of rotatable bonds is 5. The summed E-state index contributed by atoms with van der Waals surface area (Å²) in [5, 5.41) is 12.0. The molecule has 0 bridgehead atoms. The number of carboxylic acid groups (broad SMARTS) is 1. The summed E-state index contributed by atoms with van der Waals surface area (Å²) in [5.41, 5.74) is 0.521. The van der Waals surface area contributed by atoms with Gasteiger partial charge in [-0.15, -0.1) is 0 Å². The van der Waals surface area contributed by atoms with Crippen LogP contribution >= 0.6 is 11.5 Å². The number of carboxylic acids is 1. The maximum atomic E-state index is 11.8. The molecule has 17 heavy (non-hydrogen) atoms. The molecule has 1 heterocycles. The summed E-state index contributed by atoms with van der Waals surface area (Å²) in [6, 6.07) is 0. The zero-order chi connectivity index (χ0) is 13.0. The van der Waals surface area contributed by atoms with E-state index < -0.39 is 5.97 Å². The standard InChI is InChI=1S/C11H16N2O3S/c1-4-5-6(2)9(14)12-10-8(11(15)16)7(3)13-17-10/h6H,4-5H2,1-3H3,(H,12,14)(H,15,16). The molecule has 2 N–H and O–H groups in total. The van der Waals surface area contributed by atoms with Crippen molar-refractivity contribution in [3.8, 4) is 0 Å². The van der Waals surface area contributed by atoms with Gasteiger partial charge in [-0.25, -0.2) is 4.79 Å². The number of aromatic carboxylic acids is 1. The fourth-order valence-corrected chi connectivity index (χ4v) is 2.30. The predicted octanol–water partition coefficient (Wildman–Crippen LogP) is 2.52. The molecule has 0 aliphatic carbocycles. The molecular formula is C11H16N2O3S. The monoisotopic (exact) mass is 256 g/mol. The van der Waals surface area contributed by atoms with Crippen LogP contribution in [0.25, 0.3) is 0 Å². The molecule has 1 unspecified atom stereocenters. The van der Waals surface area contributed by atoms with Crippen LogP contribution in [0.3, 0.4) is 0 Å². The van der Waals surface area contributed by atoms with Crippen LogP contribution in [0.1, 0.15) is 42.7 Å². The van der Waals surface area contributed by atoms with Gasteiger partial charge in [-0.2, -0.15) is 4.37 Å². The van der Waals surface area contributed by atoms with Crippen molar-refractivity contribution >= 4 is 28.4 Å². The predicted molar refractivity (Wildman–Crippen MR) is 66.5 cm³/mol. The van der Waals surface area contributed by atoms with Crippen molar-refractivity contribution < 1.29 is 14.7 Å². The molecule has 0 aromatic carbocycles. The number of hydrogen-bond donors (Lipinski definition) is 2. The highest BCUT2D eigenvalue weighted by Gasteiger charge is 2.21. The van der Waals surface area contributed by atoms with Gasteiger partial charge in [-0.05, 0) is 24.9 Å². The van der Waals surface area contributed by atoms with E-state index in [9.17, 15) is 9.59 Å². The van der Waals surface area contributed by atoms with Crippen LogP contribution in [0, 0.1) is 12.8 Å². The number of amides is 1. The average molecular weight is 256 g/mol. The Bertz CT molecular complexity index is 428. The van der Waals surface area contributed by atoms with Crippen molar-refractivity contribution in [2.75, 3.05) is 5.32 Å². The van der Waals surface area contributed by atoms with E-state index in [2.05, 4.69) is 9.69 Å². The number of nitrogens with zero attached hydrogens (tertiary/aromatic N) is 1. The molecule has 0 radical (unpaired) electrons. The Morgan fingerprint density at radius 3 is 2.71 bits per heavy atom. The van der Waals surface area contributed by atoms with Crippen molar-refractivity contribution in [1.82, 2.24) is 4.37 Å². The molecule has 6 heteroatoms. The first kappa shape index (κ1) is 13.6. The topological polar surface area (TPSA) is 79.3 Å². The normalized spacial score (nSPS) is 12.2. The number of aryl methyl sites for hydroxylation is 1. The SMILES string of the molecule is CCCC(C)C(=O)Nc1snc(C)c1C(=O)O. The molecular weight excluding hydrogens is 240 g/mol. The zero-order valence-corrected chi connectivity index (χ0v) is 10.9. The smallest absolute Gasteiger partial charge is 0.340 e. The Morgan fingerprint density at radius 1 is 1.53 bits per heavy atom. The summed E-state index contributed by atoms with van der Waals surface area (Å²) >= 11 is 1.01. The average Bonchev–Trinajstić information content (AvgIpc) is 2.60. The Balaban J connectivity index is 2.82. The highest BCUT2D eigenvalue weighted by atomic mass is 32.1. The quantitative estimate of drug-likeness (QED) is 0.848. The van der Waals surface area contributed by atoms with Gasteiger partial charge in [-0.3, -0.25) is 4.79 Å². The second kappa shape index (κ2) is 5.77. The van der Waals surface area contributed by atoms with E-state index in [-0.39, 0.29) is 17.4 Å². The second-order valence-corrected chi connectivity index (χ2v) is 4.73. The highest BCUT2D eigenvalue weighted by molar-refractivity contribution is 7.11. The molecule has 0 saturated carbocycles. The zero-order valence-electron chi connectivity index (χ0n) is 10.1. The van der Waals surface area contributed by atoms with Gasteiger partial charge in [-0.1, -0.05) is 20.3 Å². The minimum absolute atomic E-state index is 0.0899. The first-order valence-electron chi connectivity index (χ1n) is 5.47. The Morgan fingerprint density at radius 2 is 2.18 bits per heavy atom. The molecule has 1 atom stereocenters. The van der Waals surface area contributed by atoms with Gasteiger partial charge in [0.1, 0.15) is 10.6 Å². The first-order chi connectivity index (χ1) is 7.97. The van der Waals surface area contributed by atoms with Crippen molar-refractivity contribution in [2.45, 2.75) is 33.6 Å². The van der Waals surface area contributed by atoms with E-state index in [0.29, 0.717) is 10.7 Å². The lowest BCUT2D eigenvalue weighted by atomic mass is 10.1. The minimum Gasteiger partial charge on any atom is -0.478 e. The van der Waals surface area contributed by atoms with Gasteiger partial charge < -0.3 is 10.4 Å². The van der Waals surface area contributed by atoms with Crippen LogP contribution in [-0.2, 0) is 4.79 Å². The second-order valence-electron chi connectivity index (χ2n) is 3.96. The lowest BCUT2D eigenvalue weighted by Crippen LogP contribution is -2.20. The fraction of sp³-hybridized carbons (Fsp3) is 0.545. The molecule has 94 valence electrons. The summed E-state index contributed by atoms with van der Waals surface area (Å²) in [5.74, 6) is -1.34. The minimum atomic E-state index is -1.06. The molecule has 1 rings (SSSR count). The van der Waals surface area contributed by atoms with Gasteiger partial charge in [0.05, 0.1) is 5.69 Å². The van der Waals surface area contributed by atoms with Gasteiger partial charge in [0.25, 0.3) is 0 Å². The third-order valence-corrected chi connectivity index (χ3v) is 3.34. The third-order valence-electron chi connectivity index (χ3n) is 2.48. The van der Waals surface area contributed by atoms with Crippen LogP contribution in [0.2, 0.25) is 0 Å². The number of carbonyl (C=O) groups excluding carboxylic acids is 1. The molecule has 1 aromatic rings. The lowest BCUT2D eigenvalue weighted by Gasteiger charge is -2.09. The first-order valence-corrected chi connectivity index (χ1v) is 6.25. The molecule has 1 amide bonds. The summed E-state index contributed by atoms with van der Waals surface area (Å²) < 4.78 is 3.94. The number of aromatic nitrogens is 1. The van der Waals surface area contributed by atoms with Crippen LogP contribution in [0.5, 0.6) is 0 Å². The van der Waals surface area contributed by atoms with Gasteiger partial charge >= 0.3 is 5.97 Å². The maximum absolute atomic E-state index is 11.8. The van der Waals surface area contributed by atoms with Crippen LogP contribution in [-0.4, -0.2) is 21.4 Å². The van der Waals surface area contributed by atoms with E-state index in [1.54, 1.807) is 6.92 Å². The van der Waals surface area contributed by atoms with Gasteiger partial charge in [0.2, 0.25) is 5.91 Å². The highest BCUT2D eigenvalue weighted by Crippen LogP contribution is 2.25. The van der Waals surface area contributed by atoms with E-state index in [1.165, 1.54) is 0 Å². The Kier molecular flexibility index (Phi) is 4.62. The summed E-state index contributed by atoms with van der Waals surface area (Å²) in [7, 11) is 0. The van der Waals surface area contributed by atoms with Crippen molar-refractivity contribution in [2.24, 2.45) is 5.92 Å². The summed E-state index contributed by atoms with van der Waals surface area (Å²) in [4.78, 5) is 22.8. The molecule has 5 nitrogen and oxygen atoms in total. The van der Waals surface area contributed by atoms with Crippen molar-refractivity contribution in [3.05, 3.63) is 11.3 Å². The molecule has 0 aliphatic rings. The number of anilines is 1. The van der Waals surface area contributed by atoms with Crippen LogP contribution in [0.15, 0.2) is 0 Å². The number of hydrogen-bond acceptors (Lipinski definition) is 4. The lowest BCUT2D eigenvalue weighted by molar-refractivity contribution is -0.119. The summed E-state index contributed by atoms with van der Waals surface area (Å²) in [6.07, 6.45) is 1.70. The summed E-state index contributed by atoms with van der Waals surface area (Å²) in [6.45, 7) is 5.45. The maximum Gasteiger partial charge on any atom is 0.340 e. The third kappa shape index (κ3) is 3.26. The Hall–Kier alpha value is -1.43. The Labute approximate surface area is 104 Å². The molecule has 0 saturated heterocycles. The van der Waals surface area contributed by atoms with Crippen LogP contribution < -0.4 is 5.32 Å². The fourth-order valence-electron chi connectivity index (χ4n) is 1.51. The van der Waals surface area contributed by atoms with Crippen LogP contribution in [0.4, 0.5) is 5.00 Å². The number of nitrogens with one attached hydrogen (secondary N) is 1. The number of carbonyl (C=O) groups is 2. The molecule has 0 fully saturated rings. The largest absolute Gasteiger partial charge is 0.478 e. The molecule has 0 aliphatic heterocycles.